The van der Waals surface area contributed by atoms with Crippen molar-refractivity contribution in [2.24, 2.45) is 23.5 Å². The van der Waals surface area contributed by atoms with Crippen LogP contribution in [0.3, 0.4) is 0 Å². The van der Waals surface area contributed by atoms with Crippen molar-refractivity contribution < 1.29 is 14.3 Å². The van der Waals surface area contributed by atoms with Crippen molar-refractivity contribution >= 4 is 5.91 Å². The highest BCUT2D eigenvalue weighted by Gasteiger charge is 2.41. The Bertz CT molecular complexity index is 621. The first-order valence-corrected chi connectivity index (χ1v) is 9.51. The van der Waals surface area contributed by atoms with Gasteiger partial charge in [0, 0.05) is 19.0 Å². The average Bonchev–Trinajstić information content (AvgIpc) is 2.61. The van der Waals surface area contributed by atoms with E-state index in [1.807, 2.05) is 36.2 Å². The summed E-state index contributed by atoms with van der Waals surface area (Å²) in [6.07, 6.45) is 5.42. The van der Waals surface area contributed by atoms with Gasteiger partial charge in [0.05, 0.1) is 6.54 Å². The second-order valence-corrected chi connectivity index (χ2v) is 7.91. The van der Waals surface area contributed by atoms with Gasteiger partial charge in [-0.15, -0.1) is 0 Å². The molecule has 4 rings (SSSR count). The topological polar surface area (TPSA) is 64.8 Å². The summed E-state index contributed by atoms with van der Waals surface area (Å²) in [5.41, 5.74) is 6.36. The molecule has 3 atom stereocenters. The van der Waals surface area contributed by atoms with Crippen LogP contribution in [0.4, 0.5) is 0 Å². The second kappa shape index (κ2) is 6.87. The van der Waals surface area contributed by atoms with Gasteiger partial charge in [0.1, 0.15) is 6.61 Å². The quantitative estimate of drug-likeness (QED) is 0.915. The highest BCUT2D eigenvalue weighted by molar-refractivity contribution is 5.78. The Balaban J connectivity index is 1.35. The molecule has 2 N–H and O–H groups in total. The number of fused-ring (bicyclic) bond motifs is 3. The zero-order valence-corrected chi connectivity index (χ0v) is 14.9. The molecular formula is C20H28N2O3. The third-order valence-electron chi connectivity index (χ3n) is 6.18. The van der Waals surface area contributed by atoms with Crippen LogP contribution in [0.5, 0.6) is 11.5 Å². The average molecular weight is 344 g/mol. The van der Waals surface area contributed by atoms with E-state index >= 15 is 0 Å². The molecular weight excluding hydrogens is 316 g/mol. The van der Waals surface area contributed by atoms with Crippen LogP contribution in [0.15, 0.2) is 24.3 Å². The first kappa shape index (κ1) is 16.7. The van der Waals surface area contributed by atoms with Crippen LogP contribution in [0.2, 0.25) is 0 Å². The van der Waals surface area contributed by atoms with Crippen molar-refractivity contribution in [1.29, 1.82) is 0 Å². The van der Waals surface area contributed by atoms with E-state index in [9.17, 15) is 4.79 Å². The summed E-state index contributed by atoms with van der Waals surface area (Å²) in [6.45, 7) is 1.04. The van der Waals surface area contributed by atoms with E-state index in [1.165, 1.54) is 19.3 Å². The minimum atomic E-state index is -0.116. The highest BCUT2D eigenvalue weighted by atomic mass is 16.6. The fourth-order valence-corrected chi connectivity index (χ4v) is 4.85. The van der Waals surface area contributed by atoms with Crippen LogP contribution in [-0.4, -0.2) is 43.2 Å². The van der Waals surface area contributed by atoms with Crippen LogP contribution < -0.4 is 15.2 Å². The Kier molecular flexibility index (Phi) is 4.59. The van der Waals surface area contributed by atoms with Crippen LogP contribution in [0.25, 0.3) is 0 Å². The Morgan fingerprint density at radius 3 is 2.60 bits per heavy atom. The maximum atomic E-state index is 12.9. The van der Waals surface area contributed by atoms with E-state index < -0.39 is 0 Å². The molecule has 0 aromatic heterocycles. The van der Waals surface area contributed by atoms with Gasteiger partial charge < -0.3 is 20.1 Å². The van der Waals surface area contributed by atoms with Crippen molar-refractivity contribution in [1.82, 2.24) is 4.90 Å². The summed E-state index contributed by atoms with van der Waals surface area (Å²) in [6, 6.07) is 7.98. The van der Waals surface area contributed by atoms with Gasteiger partial charge in [-0.25, -0.2) is 0 Å². The molecule has 3 aliphatic rings. The zero-order valence-electron chi connectivity index (χ0n) is 14.9. The molecule has 0 radical (unpaired) electrons. The molecule has 2 saturated carbocycles. The van der Waals surface area contributed by atoms with Crippen molar-refractivity contribution in [3.63, 3.8) is 0 Å². The number of nitrogens with two attached hydrogens (primary N) is 1. The molecule has 136 valence electrons. The molecule has 25 heavy (non-hydrogen) atoms. The summed E-state index contributed by atoms with van der Waals surface area (Å²) < 4.78 is 11.8. The number of ether oxygens (including phenoxy) is 2. The van der Waals surface area contributed by atoms with Crippen molar-refractivity contribution in [2.45, 2.75) is 44.2 Å². The first-order chi connectivity index (χ1) is 12.1. The number of carbonyl (C=O) groups is 1. The largest absolute Gasteiger partial charge is 0.486 e. The lowest BCUT2D eigenvalue weighted by Gasteiger charge is -2.44. The summed E-state index contributed by atoms with van der Waals surface area (Å²) >= 11 is 0. The summed E-state index contributed by atoms with van der Waals surface area (Å²) in [4.78, 5) is 14.8. The number of benzene rings is 1. The molecule has 2 bridgehead atoms. The number of nitrogens with zero attached hydrogens (tertiary/aromatic N) is 1. The first-order valence-electron chi connectivity index (χ1n) is 9.51. The molecule has 1 aromatic carbocycles. The fourth-order valence-electron chi connectivity index (χ4n) is 4.85. The predicted octanol–water partition coefficient (Wildman–Crippen LogP) is 2.44. The number of likely N-dealkylation sites (N-methyl/N-ethyl adjacent to an activating group) is 1. The van der Waals surface area contributed by atoms with Crippen LogP contribution in [0.1, 0.15) is 32.1 Å². The van der Waals surface area contributed by atoms with Crippen molar-refractivity contribution in [2.75, 3.05) is 20.2 Å². The maximum absolute atomic E-state index is 12.9. The number of amides is 1. The van der Waals surface area contributed by atoms with Crippen LogP contribution in [0, 0.1) is 17.8 Å². The molecule has 1 heterocycles. The van der Waals surface area contributed by atoms with E-state index in [0.717, 1.165) is 24.3 Å². The number of hydrogen-bond acceptors (Lipinski definition) is 4. The molecule has 0 saturated heterocycles. The van der Waals surface area contributed by atoms with E-state index in [0.29, 0.717) is 31.0 Å². The second-order valence-electron chi connectivity index (χ2n) is 7.91. The highest BCUT2D eigenvalue weighted by Crippen LogP contribution is 2.42. The fraction of sp³-hybridized carbons (Fsp3) is 0.650. The number of para-hydroxylation sites is 2. The van der Waals surface area contributed by atoms with Crippen LogP contribution >= 0.6 is 0 Å². The van der Waals surface area contributed by atoms with E-state index in [1.54, 1.807) is 0 Å². The molecule has 5 nitrogen and oxygen atoms in total. The molecule has 1 amide bonds. The van der Waals surface area contributed by atoms with Gasteiger partial charge in [-0.1, -0.05) is 18.6 Å². The minimum absolute atomic E-state index is 0.116. The van der Waals surface area contributed by atoms with Gasteiger partial charge in [0.2, 0.25) is 5.91 Å². The lowest BCUT2D eigenvalue weighted by Crippen LogP contribution is -2.50. The van der Waals surface area contributed by atoms with Gasteiger partial charge in [0.25, 0.3) is 0 Å². The number of hydrogen-bond donors (Lipinski definition) is 1. The Labute approximate surface area is 149 Å². The van der Waals surface area contributed by atoms with Crippen LogP contribution in [-0.2, 0) is 4.79 Å². The van der Waals surface area contributed by atoms with E-state index in [2.05, 4.69) is 0 Å². The Morgan fingerprint density at radius 2 is 1.88 bits per heavy atom. The standard InChI is InChI=1S/C20H28N2O3/c1-22(11-16-12-24-17-7-2-3-8-18(17)25-16)20(23)15-9-13-5-4-6-14(10-15)19(13)21/h2-3,7-8,13-16,19H,4-6,9-12,21H2,1H3. The van der Waals surface area contributed by atoms with Gasteiger partial charge in [-0.2, -0.15) is 0 Å². The summed E-state index contributed by atoms with van der Waals surface area (Å²) in [5, 5.41) is 0. The van der Waals surface area contributed by atoms with E-state index in [4.69, 9.17) is 15.2 Å². The van der Waals surface area contributed by atoms with E-state index in [-0.39, 0.29) is 17.9 Å². The smallest absolute Gasteiger partial charge is 0.225 e. The molecule has 5 heteroatoms. The van der Waals surface area contributed by atoms with Gasteiger partial charge in [0.15, 0.2) is 17.6 Å². The number of carbonyl (C=O) groups excluding carboxylic acids is 1. The molecule has 1 aliphatic heterocycles. The maximum Gasteiger partial charge on any atom is 0.225 e. The monoisotopic (exact) mass is 344 g/mol. The molecule has 0 spiro atoms. The summed E-state index contributed by atoms with van der Waals surface area (Å²) in [7, 11) is 1.89. The normalized spacial score (nSPS) is 33.6. The molecule has 2 aliphatic carbocycles. The molecule has 3 unspecified atom stereocenters. The van der Waals surface area contributed by atoms with Crippen molar-refractivity contribution in [3.05, 3.63) is 24.3 Å². The molecule has 1 aromatic rings. The summed E-state index contributed by atoms with van der Waals surface area (Å²) in [5.74, 6) is 2.95. The van der Waals surface area contributed by atoms with Crippen molar-refractivity contribution in [3.8, 4) is 11.5 Å². The zero-order chi connectivity index (χ0) is 17.4. The van der Waals surface area contributed by atoms with Gasteiger partial charge in [-0.3, -0.25) is 4.79 Å². The Hall–Kier alpha value is -1.75. The lowest BCUT2D eigenvalue weighted by molar-refractivity contribution is -0.138. The predicted molar refractivity (Wildman–Crippen MR) is 95.5 cm³/mol. The minimum Gasteiger partial charge on any atom is -0.486 e. The van der Waals surface area contributed by atoms with Gasteiger partial charge >= 0.3 is 0 Å². The van der Waals surface area contributed by atoms with Gasteiger partial charge in [-0.05, 0) is 49.7 Å². The third kappa shape index (κ3) is 3.34. The lowest BCUT2D eigenvalue weighted by atomic mass is 9.65. The molecule has 2 fully saturated rings. The third-order valence-corrected chi connectivity index (χ3v) is 6.18. The SMILES string of the molecule is CN(CC1COc2ccccc2O1)C(=O)C1CC2CCCC(C1)C2N. The number of rotatable bonds is 3. The Morgan fingerprint density at radius 1 is 1.20 bits per heavy atom.